The zero-order valence-corrected chi connectivity index (χ0v) is 23.7. The Morgan fingerprint density at radius 2 is 1.48 bits per heavy atom. The fourth-order valence-corrected chi connectivity index (χ4v) is 7.28. The fraction of sp³-hybridized carbons (Fsp3) is 0.171. The average Bonchev–Trinajstić information content (AvgIpc) is 3.46. The van der Waals surface area contributed by atoms with Crippen LogP contribution in [0.2, 0.25) is 5.02 Å². The molecule has 0 amide bonds. The number of nitrogens with zero attached hydrogens (tertiary/aromatic N) is 1. The first-order chi connectivity index (χ1) is 20.4. The molecule has 7 rings (SSSR count). The predicted molar refractivity (Wildman–Crippen MR) is 161 cm³/mol. The number of fused-ring (bicyclic) bond motifs is 5. The van der Waals surface area contributed by atoms with Gasteiger partial charge in [-0.05, 0) is 53.6 Å². The quantitative estimate of drug-likeness (QED) is 0.195. The minimum absolute atomic E-state index is 0.226. The number of carbonyl (C=O) groups is 3. The summed E-state index contributed by atoms with van der Waals surface area (Å²) in [4.78, 5) is 46.2. The Labute approximate surface area is 248 Å². The summed E-state index contributed by atoms with van der Waals surface area (Å²) in [6.07, 6.45) is 3.78. The van der Waals surface area contributed by atoms with Crippen LogP contribution >= 0.6 is 11.6 Å². The molecule has 6 nitrogen and oxygen atoms in total. The molecule has 7 heteroatoms. The van der Waals surface area contributed by atoms with Gasteiger partial charge >= 0.3 is 0 Å². The highest BCUT2D eigenvalue weighted by Gasteiger charge is 2.71. The van der Waals surface area contributed by atoms with Gasteiger partial charge in [-0.15, -0.1) is 0 Å². The number of Topliss-reactive ketones (excluding diaryl/α,β-unsaturated/α-hetero) is 3. The number of methoxy groups -OCH3 is 2. The Bertz CT molecular complexity index is 1790. The van der Waals surface area contributed by atoms with Crippen molar-refractivity contribution in [2.24, 2.45) is 5.41 Å². The van der Waals surface area contributed by atoms with Crippen LogP contribution in [0.3, 0.4) is 0 Å². The number of hydrogen-bond acceptors (Lipinski definition) is 6. The number of halogens is 1. The third-order valence-electron chi connectivity index (χ3n) is 8.84. The van der Waals surface area contributed by atoms with Crippen LogP contribution in [0.4, 0.5) is 5.69 Å². The zero-order valence-electron chi connectivity index (χ0n) is 22.9. The topological polar surface area (TPSA) is 72.9 Å². The van der Waals surface area contributed by atoms with Crippen LogP contribution in [0.15, 0.2) is 97.1 Å². The maximum absolute atomic E-state index is 14.8. The molecule has 42 heavy (non-hydrogen) atoms. The molecule has 0 radical (unpaired) electrons. The average molecular weight is 576 g/mol. The van der Waals surface area contributed by atoms with Crippen LogP contribution < -0.4 is 14.4 Å². The first kappa shape index (κ1) is 26.2. The molecule has 2 aliphatic heterocycles. The monoisotopic (exact) mass is 575 g/mol. The molecular weight excluding hydrogens is 550 g/mol. The van der Waals surface area contributed by atoms with Gasteiger partial charge in [-0.25, -0.2) is 0 Å². The van der Waals surface area contributed by atoms with E-state index in [1.165, 1.54) is 0 Å². The molecule has 4 aromatic carbocycles. The molecule has 0 aromatic heterocycles. The number of ketones is 3. The number of carbonyl (C=O) groups excluding carboxylic acids is 3. The smallest absolute Gasteiger partial charge is 0.186 e. The second-order valence-electron chi connectivity index (χ2n) is 10.8. The highest BCUT2D eigenvalue weighted by atomic mass is 35.5. The molecule has 1 spiro atoms. The molecule has 0 saturated carbocycles. The van der Waals surface area contributed by atoms with Gasteiger partial charge < -0.3 is 14.4 Å². The Morgan fingerprint density at radius 1 is 0.810 bits per heavy atom. The number of ether oxygens (including phenoxy) is 2. The molecule has 1 fully saturated rings. The van der Waals surface area contributed by atoms with Crippen LogP contribution in [0, 0.1) is 5.41 Å². The molecule has 0 unspecified atom stereocenters. The van der Waals surface area contributed by atoms with Gasteiger partial charge in [0, 0.05) is 33.3 Å². The molecule has 3 aliphatic rings. The summed E-state index contributed by atoms with van der Waals surface area (Å²) in [5.41, 5.74) is 1.78. The lowest BCUT2D eigenvalue weighted by molar-refractivity contribution is 0.0665. The van der Waals surface area contributed by atoms with Crippen molar-refractivity contribution in [2.45, 2.75) is 18.0 Å². The van der Waals surface area contributed by atoms with E-state index in [1.807, 2.05) is 53.5 Å². The Kier molecular flexibility index (Phi) is 6.06. The van der Waals surface area contributed by atoms with E-state index < -0.39 is 23.4 Å². The first-order valence-electron chi connectivity index (χ1n) is 13.7. The highest BCUT2D eigenvalue weighted by Crippen LogP contribution is 2.61. The Hall–Kier alpha value is -4.68. The molecular formula is C35H26ClNO5. The van der Waals surface area contributed by atoms with E-state index in [9.17, 15) is 14.4 Å². The SMILES string of the molecule is COc1cccc(C(=O)[C@@H]2[C@H](c3cccc(OC)c3)C3(C(=O)c4ccccc4C3=O)[C@@H]3C=Cc4cc(Cl)ccc4N23)c1. The van der Waals surface area contributed by atoms with Crippen LogP contribution in [-0.2, 0) is 0 Å². The fourth-order valence-electron chi connectivity index (χ4n) is 7.10. The van der Waals surface area contributed by atoms with Gasteiger partial charge in [-0.1, -0.05) is 72.3 Å². The van der Waals surface area contributed by atoms with Gasteiger partial charge in [-0.3, -0.25) is 14.4 Å². The summed E-state index contributed by atoms with van der Waals surface area (Å²) in [6, 6.07) is 25.1. The molecule has 3 atom stereocenters. The van der Waals surface area contributed by atoms with Crippen molar-refractivity contribution >= 4 is 40.7 Å². The molecule has 1 saturated heterocycles. The van der Waals surface area contributed by atoms with Crippen LogP contribution in [0.5, 0.6) is 11.5 Å². The number of hydrogen-bond donors (Lipinski definition) is 0. The van der Waals surface area contributed by atoms with Crippen LogP contribution in [0.25, 0.3) is 6.08 Å². The van der Waals surface area contributed by atoms with Crippen LogP contribution in [0.1, 0.15) is 48.1 Å². The Morgan fingerprint density at radius 3 is 2.17 bits per heavy atom. The van der Waals surface area contributed by atoms with Crippen molar-refractivity contribution < 1.29 is 23.9 Å². The second kappa shape index (κ2) is 9.71. The third-order valence-corrected chi connectivity index (χ3v) is 9.08. The molecule has 208 valence electrons. The summed E-state index contributed by atoms with van der Waals surface area (Å²) < 4.78 is 11.0. The van der Waals surface area contributed by atoms with Crippen molar-refractivity contribution in [3.8, 4) is 11.5 Å². The number of benzene rings is 4. The third kappa shape index (κ3) is 3.55. The van der Waals surface area contributed by atoms with E-state index in [4.69, 9.17) is 21.1 Å². The van der Waals surface area contributed by atoms with Crippen molar-refractivity contribution in [3.05, 3.63) is 130 Å². The lowest BCUT2D eigenvalue weighted by atomic mass is 9.64. The summed E-state index contributed by atoms with van der Waals surface area (Å²) in [6.45, 7) is 0. The van der Waals surface area contributed by atoms with Crippen molar-refractivity contribution in [1.82, 2.24) is 0 Å². The minimum atomic E-state index is -1.59. The normalized spacial score (nSPS) is 21.2. The second-order valence-corrected chi connectivity index (χ2v) is 11.2. The minimum Gasteiger partial charge on any atom is -0.497 e. The van der Waals surface area contributed by atoms with Gasteiger partial charge in [0.15, 0.2) is 17.3 Å². The van der Waals surface area contributed by atoms with Crippen molar-refractivity contribution in [2.75, 3.05) is 19.1 Å². The van der Waals surface area contributed by atoms with Crippen LogP contribution in [-0.4, -0.2) is 43.7 Å². The van der Waals surface area contributed by atoms with Gasteiger partial charge in [0.1, 0.15) is 23.0 Å². The van der Waals surface area contributed by atoms with Crippen molar-refractivity contribution in [3.63, 3.8) is 0 Å². The van der Waals surface area contributed by atoms with Gasteiger partial charge in [-0.2, -0.15) is 0 Å². The largest absolute Gasteiger partial charge is 0.497 e. The lowest BCUT2D eigenvalue weighted by Gasteiger charge is -2.37. The number of anilines is 1. The van der Waals surface area contributed by atoms with E-state index in [1.54, 1.807) is 68.8 Å². The molecule has 0 N–H and O–H groups in total. The summed E-state index contributed by atoms with van der Waals surface area (Å²) in [7, 11) is 3.11. The van der Waals surface area contributed by atoms with E-state index >= 15 is 0 Å². The standard InChI is InChI=1S/C35H26ClNO5/c1-41-24-9-5-7-21(18-24)30-31(32(38)22-8-6-10-25(19-22)42-2)37-28-15-14-23(36)17-20(28)13-16-29(37)35(30)33(39)26-11-3-4-12-27(26)34(35)40/h3-19,29-31H,1-2H3/t29-,30-,31-/m0/s1. The van der Waals surface area contributed by atoms with E-state index in [0.29, 0.717) is 38.8 Å². The van der Waals surface area contributed by atoms with E-state index in [0.717, 1.165) is 11.3 Å². The molecule has 2 heterocycles. The molecule has 0 bridgehead atoms. The molecule has 4 aromatic rings. The summed E-state index contributed by atoms with van der Waals surface area (Å²) in [5.74, 6) is -0.526. The maximum Gasteiger partial charge on any atom is 0.186 e. The first-order valence-corrected chi connectivity index (χ1v) is 14.0. The highest BCUT2D eigenvalue weighted by molar-refractivity contribution is 6.32. The van der Waals surface area contributed by atoms with Gasteiger partial charge in [0.05, 0.1) is 20.3 Å². The van der Waals surface area contributed by atoms with Gasteiger partial charge in [0.25, 0.3) is 0 Å². The predicted octanol–water partition coefficient (Wildman–Crippen LogP) is 6.67. The maximum atomic E-state index is 14.8. The Balaban J connectivity index is 1.55. The van der Waals surface area contributed by atoms with E-state index in [2.05, 4.69) is 0 Å². The molecule has 1 aliphatic carbocycles. The zero-order chi connectivity index (χ0) is 29.2. The summed E-state index contributed by atoms with van der Waals surface area (Å²) in [5, 5.41) is 0.547. The summed E-state index contributed by atoms with van der Waals surface area (Å²) >= 11 is 6.38. The van der Waals surface area contributed by atoms with Crippen molar-refractivity contribution in [1.29, 1.82) is 0 Å². The lowest BCUT2D eigenvalue weighted by Crippen LogP contribution is -2.48. The number of rotatable bonds is 5. The van der Waals surface area contributed by atoms with E-state index in [-0.39, 0.29) is 17.3 Å². The van der Waals surface area contributed by atoms with Gasteiger partial charge in [0.2, 0.25) is 0 Å².